The fourth-order valence-electron chi connectivity index (χ4n) is 4.78. The number of aryl methyl sites for hydroxylation is 3. The van der Waals surface area contributed by atoms with Gasteiger partial charge in [-0.15, -0.1) is 16.3 Å². The molecule has 16 heteroatoms. The van der Waals surface area contributed by atoms with Crippen molar-refractivity contribution >= 4 is 57.1 Å². The molecule has 50 heavy (non-hydrogen) atoms. The number of aliphatic imine (C=N–C) groups is 1. The van der Waals surface area contributed by atoms with Gasteiger partial charge in [-0.05, 0) is 103 Å². The van der Waals surface area contributed by atoms with Crippen LogP contribution in [0.1, 0.15) is 67.9 Å². The minimum atomic E-state index is -4.24. The number of aliphatic carboxylic acids is 1. The Labute approximate surface area is 295 Å². The topological polar surface area (TPSA) is 207 Å². The minimum absolute atomic E-state index is 0.0195. The number of ether oxygens (including phenoxy) is 2. The number of anilines is 1. The van der Waals surface area contributed by atoms with Gasteiger partial charge in [-0.25, -0.2) is 22.9 Å². The van der Waals surface area contributed by atoms with E-state index >= 15 is 0 Å². The average Bonchev–Trinajstić information content (AvgIpc) is 3.43. The van der Waals surface area contributed by atoms with Crippen molar-refractivity contribution in [3.05, 3.63) is 70.1 Å². The van der Waals surface area contributed by atoms with Crippen molar-refractivity contribution in [3.8, 4) is 10.4 Å². The van der Waals surface area contributed by atoms with Gasteiger partial charge in [0.15, 0.2) is 0 Å². The number of benzene rings is 2. The molecule has 0 aliphatic carbocycles. The van der Waals surface area contributed by atoms with Crippen LogP contribution in [0.5, 0.6) is 0 Å². The number of hydrogen-bond donors (Lipinski definition) is 4. The molecule has 1 atom stereocenters. The molecule has 0 radical (unpaired) electrons. The van der Waals surface area contributed by atoms with Crippen molar-refractivity contribution in [1.29, 1.82) is 0 Å². The first-order valence-electron chi connectivity index (χ1n) is 15.4. The molecule has 0 saturated carbocycles. The van der Waals surface area contributed by atoms with Gasteiger partial charge in [0, 0.05) is 11.4 Å². The summed E-state index contributed by atoms with van der Waals surface area (Å²) in [4.78, 5) is 56.2. The first-order valence-corrected chi connectivity index (χ1v) is 17.7. The summed E-state index contributed by atoms with van der Waals surface area (Å²) >= 11 is 1.07. The summed E-state index contributed by atoms with van der Waals surface area (Å²) in [6.45, 7) is 14.5. The van der Waals surface area contributed by atoms with Gasteiger partial charge >= 0.3 is 18.2 Å². The highest BCUT2D eigenvalue weighted by Crippen LogP contribution is 2.31. The summed E-state index contributed by atoms with van der Waals surface area (Å²) in [7, 11) is -4.24. The van der Waals surface area contributed by atoms with Gasteiger partial charge in [0.05, 0.1) is 15.5 Å². The first-order chi connectivity index (χ1) is 23.0. The maximum atomic E-state index is 13.3. The third-order valence-electron chi connectivity index (χ3n) is 6.56. The number of nitrogens with zero attached hydrogens (tertiary/aromatic N) is 2. The number of carbonyl (C=O) groups is 4. The van der Waals surface area contributed by atoms with Crippen LogP contribution in [0.2, 0.25) is 0 Å². The van der Waals surface area contributed by atoms with Gasteiger partial charge in [-0.2, -0.15) is 4.72 Å². The summed E-state index contributed by atoms with van der Waals surface area (Å²) in [5.74, 6) is -2.59. The van der Waals surface area contributed by atoms with E-state index in [-0.39, 0.29) is 15.5 Å². The summed E-state index contributed by atoms with van der Waals surface area (Å²) in [6.07, 6.45) is -1.91. The van der Waals surface area contributed by atoms with Gasteiger partial charge in [0.2, 0.25) is 16.0 Å². The van der Waals surface area contributed by atoms with Crippen molar-refractivity contribution in [3.63, 3.8) is 0 Å². The van der Waals surface area contributed by atoms with Gasteiger partial charge in [0.25, 0.3) is 5.91 Å². The monoisotopic (exact) mass is 729 g/mol. The molecule has 2 aromatic carbocycles. The Morgan fingerprint density at radius 1 is 0.940 bits per heavy atom. The number of amides is 3. The predicted octanol–water partition coefficient (Wildman–Crippen LogP) is 5.49. The number of rotatable bonds is 9. The largest absolute Gasteiger partial charge is 0.480 e. The fraction of sp³-hybridized carbons (Fsp3) is 0.382. The van der Waals surface area contributed by atoms with Crippen LogP contribution < -0.4 is 20.7 Å². The number of sulfonamides is 1. The van der Waals surface area contributed by atoms with Gasteiger partial charge in [0.1, 0.15) is 17.2 Å². The summed E-state index contributed by atoms with van der Waals surface area (Å²) in [5, 5.41) is 12.2. The molecule has 1 aromatic heterocycles. The van der Waals surface area contributed by atoms with Crippen LogP contribution in [0, 0.1) is 20.8 Å². The zero-order chi connectivity index (χ0) is 37.8. The van der Waals surface area contributed by atoms with E-state index in [2.05, 4.69) is 15.0 Å². The van der Waals surface area contributed by atoms with Crippen LogP contribution in [-0.4, -0.2) is 67.3 Å². The first kappa shape index (κ1) is 39.6. The lowest BCUT2D eigenvalue weighted by molar-refractivity contribution is -0.138. The zero-order valence-electron chi connectivity index (χ0n) is 29.4. The second kappa shape index (κ2) is 15.4. The molecule has 1 unspecified atom stereocenters. The third kappa shape index (κ3) is 10.9. The molecule has 0 spiro atoms. The van der Waals surface area contributed by atoms with Crippen molar-refractivity contribution in [2.75, 3.05) is 11.4 Å². The molecule has 14 nitrogen and oxygen atoms in total. The number of nitrogens with two attached hydrogens (primary N) is 1. The molecule has 0 aliphatic rings. The lowest BCUT2D eigenvalue weighted by Crippen LogP contribution is -2.48. The highest BCUT2D eigenvalue weighted by Gasteiger charge is 2.30. The number of guanidine groups is 1. The molecule has 0 bridgehead atoms. The van der Waals surface area contributed by atoms with Gasteiger partial charge < -0.3 is 25.6 Å². The lowest BCUT2D eigenvalue weighted by Gasteiger charge is -2.27. The molecule has 0 saturated heterocycles. The Morgan fingerprint density at radius 3 is 2.10 bits per heavy atom. The highest BCUT2D eigenvalue weighted by atomic mass is 32.2. The van der Waals surface area contributed by atoms with E-state index in [1.807, 2.05) is 6.92 Å². The highest BCUT2D eigenvalue weighted by molar-refractivity contribution is 7.89. The second-order valence-electron chi connectivity index (χ2n) is 13.4. The SMILES string of the molecule is Cc1cc(C)c(S(=O)(=O)NC(CNC(=O)c2ccc(-c3cccc(N(C(=O)OC(C)(C)C)/C(N)=N/C(=O)OC(C)(C)C)c3)s2)C(=O)O)c(C)c1. The number of nitrogens with one attached hydrogen (secondary N) is 2. The molecule has 5 N–H and O–H groups in total. The van der Waals surface area contributed by atoms with Crippen LogP contribution in [0.3, 0.4) is 0 Å². The Hall–Kier alpha value is -4.80. The molecule has 3 rings (SSSR count). The van der Waals surface area contributed by atoms with E-state index in [9.17, 15) is 32.7 Å². The summed E-state index contributed by atoms with van der Waals surface area (Å²) in [6, 6.07) is 11.4. The molecule has 1 heterocycles. The van der Waals surface area contributed by atoms with Crippen LogP contribution in [0.4, 0.5) is 15.3 Å². The molecular formula is C34H43N5O9S2. The predicted molar refractivity (Wildman–Crippen MR) is 191 cm³/mol. The maximum absolute atomic E-state index is 13.3. The van der Waals surface area contributed by atoms with E-state index in [4.69, 9.17) is 15.2 Å². The standard InChI is InChI=1S/C34H43N5O9S2/c1-19-15-20(2)27(21(3)16-19)50(45,46)38-24(29(41)42)18-36-28(40)26-14-13-25(49-26)22-11-10-12-23(17-22)39(32(44)48-34(7,8)9)30(35)37-31(43)47-33(4,5)6/h10-17,24,38H,18H2,1-9H3,(H,36,40)(H,41,42)(H2,35,37,43). The van der Waals surface area contributed by atoms with E-state index in [0.717, 1.165) is 21.8 Å². The average molecular weight is 730 g/mol. The van der Waals surface area contributed by atoms with E-state index < -0.39 is 63.8 Å². The number of carboxylic acids is 1. The quantitative estimate of drug-likeness (QED) is 0.161. The summed E-state index contributed by atoms with van der Waals surface area (Å²) in [5.41, 5.74) is 6.92. The Bertz CT molecular complexity index is 1900. The third-order valence-corrected chi connectivity index (χ3v) is 9.47. The van der Waals surface area contributed by atoms with Crippen LogP contribution in [0.15, 0.2) is 58.4 Å². The zero-order valence-corrected chi connectivity index (χ0v) is 31.0. The molecule has 270 valence electrons. The molecule has 3 aromatic rings. The second-order valence-corrected chi connectivity index (χ2v) is 16.2. The maximum Gasteiger partial charge on any atom is 0.437 e. The summed E-state index contributed by atoms with van der Waals surface area (Å²) < 4.78 is 39.2. The number of thiophene rings is 1. The number of hydrogen-bond acceptors (Lipinski definition) is 9. The number of carbonyl (C=O) groups excluding carboxylic acids is 3. The smallest absolute Gasteiger partial charge is 0.437 e. The van der Waals surface area contributed by atoms with Crippen molar-refractivity contribution in [2.45, 2.75) is 84.5 Å². The minimum Gasteiger partial charge on any atom is -0.480 e. The van der Waals surface area contributed by atoms with E-state index in [0.29, 0.717) is 21.6 Å². The van der Waals surface area contributed by atoms with Crippen LogP contribution in [0.25, 0.3) is 10.4 Å². The van der Waals surface area contributed by atoms with Crippen molar-refractivity contribution in [2.24, 2.45) is 10.7 Å². The van der Waals surface area contributed by atoms with Gasteiger partial charge in [-0.1, -0.05) is 29.8 Å². The molecule has 0 fully saturated rings. The van der Waals surface area contributed by atoms with Crippen molar-refractivity contribution in [1.82, 2.24) is 10.0 Å². The lowest BCUT2D eigenvalue weighted by atomic mass is 10.1. The Morgan fingerprint density at radius 2 is 1.54 bits per heavy atom. The van der Waals surface area contributed by atoms with Crippen molar-refractivity contribution < 1.29 is 42.2 Å². The molecular weight excluding hydrogens is 687 g/mol. The fourth-order valence-corrected chi connectivity index (χ4v) is 7.34. The van der Waals surface area contributed by atoms with Gasteiger partial charge in [-0.3, -0.25) is 9.59 Å². The van der Waals surface area contributed by atoms with Crippen LogP contribution >= 0.6 is 11.3 Å². The Balaban J connectivity index is 1.84. The van der Waals surface area contributed by atoms with E-state index in [1.54, 1.807) is 97.9 Å². The van der Waals surface area contributed by atoms with E-state index in [1.165, 1.54) is 6.07 Å². The normalized spacial score (nSPS) is 12.9. The number of carboxylic acid groups (broad SMARTS) is 1. The molecule has 0 aliphatic heterocycles. The Kier molecular flexibility index (Phi) is 12.2. The molecule has 3 amide bonds. The van der Waals surface area contributed by atoms with Crippen LogP contribution in [-0.2, 0) is 24.3 Å².